The Balaban J connectivity index is 1.23. The van der Waals surface area contributed by atoms with Crippen LogP contribution in [0.15, 0.2) is 30.4 Å². The van der Waals surface area contributed by atoms with Crippen LogP contribution in [0.2, 0.25) is 0 Å². The van der Waals surface area contributed by atoms with Gasteiger partial charge in [-0.3, -0.25) is 28.9 Å². The van der Waals surface area contributed by atoms with Crippen molar-refractivity contribution in [3.05, 3.63) is 47.3 Å². The van der Waals surface area contributed by atoms with E-state index in [1.54, 1.807) is 26.2 Å². The number of fused-ring (bicyclic) bond motifs is 3. The summed E-state index contributed by atoms with van der Waals surface area (Å²) in [6, 6.07) is 3.11. The highest BCUT2D eigenvalue weighted by molar-refractivity contribution is 7.91. The molecule has 14 heteroatoms. The minimum absolute atomic E-state index is 0.00279. The summed E-state index contributed by atoms with van der Waals surface area (Å²) in [5.41, 5.74) is -0.340. The van der Waals surface area contributed by atoms with E-state index in [0.717, 1.165) is 25.7 Å². The smallest absolute Gasteiger partial charge is 0.410 e. The van der Waals surface area contributed by atoms with Gasteiger partial charge in [-0.25, -0.2) is 17.6 Å². The maximum absolute atomic E-state index is 14.3. The van der Waals surface area contributed by atoms with Crippen molar-refractivity contribution in [1.82, 2.24) is 24.7 Å². The molecule has 4 amide bonds. The summed E-state index contributed by atoms with van der Waals surface area (Å²) in [6.07, 6.45) is 7.44. The van der Waals surface area contributed by atoms with Crippen LogP contribution in [0.5, 0.6) is 0 Å². The molecule has 3 heterocycles. The molecule has 2 aliphatic carbocycles. The van der Waals surface area contributed by atoms with Crippen LogP contribution in [0.4, 0.5) is 9.18 Å². The number of hydrogen-bond donors (Lipinski definition) is 2. The number of allylic oxidation sites excluding steroid dienone is 1. The largest absolute Gasteiger partial charge is 0.444 e. The molecule has 0 bridgehead atoms. The van der Waals surface area contributed by atoms with Gasteiger partial charge in [0.2, 0.25) is 21.8 Å². The molecule has 0 radical (unpaired) electrons. The first-order valence-electron chi connectivity index (χ1n) is 16.1. The zero-order valence-electron chi connectivity index (χ0n) is 26.2. The predicted octanol–water partition coefficient (Wildman–Crippen LogP) is 2.18. The zero-order chi connectivity index (χ0) is 32.8. The highest BCUT2D eigenvalue weighted by Gasteiger charge is 2.62. The highest BCUT2D eigenvalue weighted by Crippen LogP contribution is 2.46. The van der Waals surface area contributed by atoms with Gasteiger partial charge in [0.15, 0.2) is 0 Å². The Morgan fingerprint density at radius 1 is 1.11 bits per heavy atom. The molecule has 1 saturated heterocycles. The first-order valence-corrected chi connectivity index (χ1v) is 17.7. The summed E-state index contributed by atoms with van der Waals surface area (Å²) < 4.78 is 47.7. The number of halogens is 1. The summed E-state index contributed by atoms with van der Waals surface area (Å²) in [5.74, 6) is -2.47. The molecule has 12 nitrogen and oxygen atoms in total. The van der Waals surface area contributed by atoms with Crippen LogP contribution in [-0.2, 0) is 42.2 Å². The molecule has 6 rings (SSSR count). The van der Waals surface area contributed by atoms with Gasteiger partial charge in [-0.2, -0.15) is 0 Å². The maximum Gasteiger partial charge on any atom is 0.410 e. The average molecular weight is 660 g/mol. The standard InChI is InChI=1S/C32H42FN5O7S/c1-36(2)26-12-7-5-3-4-6-10-21-16-32(21,30(41)35-46(43,44)23-13-14-23)34-28(39)27-15-22(18-38(27)29(26)40)45-31(42)37-17-20-9-8-11-25(33)24(20)19-37/h6,8-11,21-23,26-27H,3-5,7,12-19H2,1-2H3,(H,34,39)(H,35,41)/b10-6-/t21-,22+,26-,27-,32+/m0/s1. The quantitative estimate of drug-likeness (QED) is 0.458. The molecular weight excluding hydrogens is 617 g/mol. The Kier molecular flexibility index (Phi) is 8.87. The van der Waals surface area contributed by atoms with E-state index in [1.807, 2.05) is 17.1 Å². The van der Waals surface area contributed by atoms with Crippen LogP contribution in [0, 0.1) is 11.7 Å². The van der Waals surface area contributed by atoms with E-state index in [-0.39, 0.29) is 38.4 Å². The third kappa shape index (κ3) is 6.51. The van der Waals surface area contributed by atoms with Crippen molar-refractivity contribution in [2.24, 2.45) is 5.92 Å². The Morgan fingerprint density at radius 2 is 1.89 bits per heavy atom. The Bertz CT molecular complexity index is 1550. The minimum Gasteiger partial charge on any atom is -0.444 e. The van der Waals surface area contributed by atoms with Crippen LogP contribution in [0.25, 0.3) is 0 Å². The van der Waals surface area contributed by atoms with Gasteiger partial charge in [-0.05, 0) is 64.3 Å². The molecule has 250 valence electrons. The van der Waals surface area contributed by atoms with E-state index < -0.39 is 68.6 Å². The molecule has 3 aliphatic heterocycles. The number of hydrogen-bond acceptors (Lipinski definition) is 8. The molecule has 2 saturated carbocycles. The van der Waals surface area contributed by atoms with E-state index >= 15 is 0 Å². The normalized spacial score (nSPS) is 30.8. The summed E-state index contributed by atoms with van der Waals surface area (Å²) in [4.78, 5) is 59.4. The fraction of sp³-hybridized carbons (Fsp3) is 0.625. The number of carbonyl (C=O) groups is 4. The van der Waals surface area contributed by atoms with Crippen LogP contribution < -0.4 is 10.0 Å². The van der Waals surface area contributed by atoms with Crippen molar-refractivity contribution in [3.8, 4) is 0 Å². The van der Waals surface area contributed by atoms with Gasteiger partial charge in [0.05, 0.1) is 24.4 Å². The summed E-state index contributed by atoms with van der Waals surface area (Å²) in [7, 11) is -0.245. The number of rotatable bonds is 5. The van der Waals surface area contributed by atoms with Crippen LogP contribution >= 0.6 is 0 Å². The van der Waals surface area contributed by atoms with E-state index in [0.29, 0.717) is 30.4 Å². The second-order valence-electron chi connectivity index (χ2n) is 13.5. The van der Waals surface area contributed by atoms with E-state index in [1.165, 1.54) is 15.9 Å². The van der Waals surface area contributed by atoms with Crippen molar-refractivity contribution >= 4 is 33.8 Å². The fourth-order valence-corrected chi connectivity index (χ4v) is 8.26. The highest BCUT2D eigenvalue weighted by atomic mass is 32.2. The summed E-state index contributed by atoms with van der Waals surface area (Å²) in [5, 5.41) is 2.22. The molecule has 0 spiro atoms. The number of benzene rings is 1. The third-order valence-corrected chi connectivity index (χ3v) is 11.7. The second kappa shape index (κ2) is 12.6. The lowest BCUT2D eigenvalue weighted by Crippen LogP contribution is -2.58. The number of nitrogens with one attached hydrogen (secondary N) is 2. The van der Waals surface area contributed by atoms with Crippen molar-refractivity contribution < 1.29 is 36.7 Å². The number of likely N-dealkylation sites (N-methyl/N-ethyl adjacent to an activating group) is 1. The number of sulfonamides is 1. The van der Waals surface area contributed by atoms with Gasteiger partial charge in [0, 0.05) is 24.4 Å². The fourth-order valence-electron chi connectivity index (χ4n) is 6.90. The van der Waals surface area contributed by atoms with Gasteiger partial charge in [0.1, 0.15) is 23.5 Å². The molecule has 1 aromatic carbocycles. The average Bonchev–Trinajstić information content (AvgIpc) is 3.88. The van der Waals surface area contributed by atoms with Gasteiger partial charge in [0.25, 0.3) is 5.91 Å². The van der Waals surface area contributed by atoms with Gasteiger partial charge in [-0.15, -0.1) is 0 Å². The van der Waals surface area contributed by atoms with E-state index in [2.05, 4.69) is 10.0 Å². The maximum atomic E-state index is 14.3. The van der Waals surface area contributed by atoms with Crippen molar-refractivity contribution in [2.75, 3.05) is 20.6 Å². The molecule has 3 fully saturated rings. The van der Waals surface area contributed by atoms with Gasteiger partial charge < -0.3 is 15.0 Å². The molecule has 1 aromatic rings. The molecule has 0 aromatic heterocycles. The second-order valence-corrected chi connectivity index (χ2v) is 15.4. The topological polar surface area (TPSA) is 145 Å². The van der Waals surface area contributed by atoms with Crippen LogP contribution in [0.3, 0.4) is 0 Å². The van der Waals surface area contributed by atoms with Crippen LogP contribution in [-0.4, -0.2) is 96.5 Å². The SMILES string of the molecule is CN(C)[C@H]1CCCCC/C=C\[C@H]2C[C@@]2(C(=O)NS(=O)(=O)C2CC2)NC(=O)[C@@H]2C[C@@H](OC(=O)N3Cc4cccc(F)c4C3)CN2C1=O. The molecule has 0 unspecified atom stereocenters. The number of ether oxygens (including phenoxy) is 1. The van der Waals surface area contributed by atoms with Crippen molar-refractivity contribution in [1.29, 1.82) is 0 Å². The lowest BCUT2D eigenvalue weighted by molar-refractivity contribution is -0.143. The first kappa shape index (κ1) is 32.4. The number of nitrogens with zero attached hydrogens (tertiary/aromatic N) is 3. The van der Waals surface area contributed by atoms with Crippen molar-refractivity contribution in [3.63, 3.8) is 0 Å². The molecule has 5 aliphatic rings. The zero-order valence-corrected chi connectivity index (χ0v) is 27.1. The monoisotopic (exact) mass is 659 g/mol. The minimum atomic E-state index is -3.86. The molecule has 2 N–H and O–H groups in total. The summed E-state index contributed by atoms with van der Waals surface area (Å²) in [6.45, 7) is 0.212. The molecule has 46 heavy (non-hydrogen) atoms. The van der Waals surface area contributed by atoms with Gasteiger partial charge >= 0.3 is 6.09 Å². The Morgan fingerprint density at radius 3 is 2.61 bits per heavy atom. The van der Waals surface area contributed by atoms with Crippen LogP contribution in [0.1, 0.15) is 68.9 Å². The lowest BCUT2D eigenvalue weighted by Gasteiger charge is -2.32. The lowest BCUT2D eigenvalue weighted by atomic mass is 10.0. The Hall–Kier alpha value is -3.52. The molecular formula is C32H42FN5O7S. The third-order valence-electron chi connectivity index (χ3n) is 9.89. The van der Waals surface area contributed by atoms with E-state index in [9.17, 15) is 32.0 Å². The Labute approximate surface area is 268 Å². The first-order chi connectivity index (χ1) is 21.9. The van der Waals surface area contributed by atoms with Gasteiger partial charge in [-0.1, -0.05) is 37.1 Å². The van der Waals surface area contributed by atoms with E-state index in [4.69, 9.17) is 4.74 Å². The number of amides is 4. The van der Waals surface area contributed by atoms with Crippen molar-refractivity contribution in [2.45, 2.75) is 99.9 Å². The molecule has 5 atom stereocenters. The number of carbonyl (C=O) groups excluding carboxylic acids is 4. The summed E-state index contributed by atoms with van der Waals surface area (Å²) >= 11 is 0. The predicted molar refractivity (Wildman–Crippen MR) is 165 cm³/mol.